The second kappa shape index (κ2) is 7.04. The van der Waals surface area contributed by atoms with Gasteiger partial charge in [0, 0.05) is 19.8 Å². The molecular formula is C15H24N2O3. The molecule has 1 atom stereocenters. The van der Waals surface area contributed by atoms with E-state index in [4.69, 9.17) is 20.1 Å². The Morgan fingerprint density at radius 3 is 2.55 bits per heavy atom. The third kappa shape index (κ3) is 2.96. The number of rotatable bonds is 8. The second-order valence-corrected chi connectivity index (χ2v) is 5.10. The molecule has 5 heteroatoms. The summed E-state index contributed by atoms with van der Waals surface area (Å²) in [5, 5.41) is 0. The first-order valence-corrected chi connectivity index (χ1v) is 6.99. The molecule has 2 rings (SSSR count). The van der Waals surface area contributed by atoms with E-state index in [1.54, 1.807) is 14.2 Å². The molecule has 0 bridgehead atoms. The molecule has 1 unspecified atom stereocenters. The lowest BCUT2D eigenvalue weighted by molar-refractivity contribution is -0.100. The Balaban J connectivity index is 2.20. The van der Waals surface area contributed by atoms with Crippen molar-refractivity contribution in [1.82, 2.24) is 5.43 Å². The molecule has 112 valence electrons. The van der Waals surface area contributed by atoms with Crippen LogP contribution < -0.4 is 16.0 Å². The number of nitrogens with one attached hydrogen (secondary N) is 1. The van der Waals surface area contributed by atoms with Crippen LogP contribution >= 0.6 is 0 Å². The van der Waals surface area contributed by atoms with E-state index in [0.717, 1.165) is 24.2 Å². The molecule has 0 aromatic heterocycles. The summed E-state index contributed by atoms with van der Waals surface area (Å²) in [6, 6.07) is 7.87. The minimum atomic E-state index is -0.227. The van der Waals surface area contributed by atoms with Gasteiger partial charge in [0.2, 0.25) is 0 Å². The van der Waals surface area contributed by atoms with Gasteiger partial charge in [-0.3, -0.25) is 5.84 Å². The third-order valence-corrected chi connectivity index (χ3v) is 4.07. The van der Waals surface area contributed by atoms with Crippen molar-refractivity contribution in [3.05, 3.63) is 29.8 Å². The zero-order valence-corrected chi connectivity index (χ0v) is 12.2. The van der Waals surface area contributed by atoms with Crippen LogP contribution in [0.2, 0.25) is 0 Å². The maximum atomic E-state index is 5.79. The summed E-state index contributed by atoms with van der Waals surface area (Å²) in [6.45, 7) is 1.08. The molecule has 1 saturated carbocycles. The van der Waals surface area contributed by atoms with Crippen LogP contribution in [0.25, 0.3) is 0 Å². The summed E-state index contributed by atoms with van der Waals surface area (Å²) in [7, 11) is 3.41. The minimum absolute atomic E-state index is 0.0694. The Kier molecular flexibility index (Phi) is 5.37. The van der Waals surface area contributed by atoms with Gasteiger partial charge in [0.05, 0.1) is 18.2 Å². The van der Waals surface area contributed by atoms with Crippen molar-refractivity contribution in [2.45, 2.75) is 30.9 Å². The van der Waals surface area contributed by atoms with Crippen LogP contribution in [0.3, 0.4) is 0 Å². The van der Waals surface area contributed by atoms with Gasteiger partial charge >= 0.3 is 0 Å². The van der Waals surface area contributed by atoms with Crippen LogP contribution in [0.15, 0.2) is 24.3 Å². The maximum Gasteiger partial charge on any atom is 0.124 e. The fraction of sp³-hybridized carbons (Fsp3) is 0.600. The largest absolute Gasteiger partial charge is 0.491 e. The molecule has 1 aliphatic rings. The Bertz CT molecular complexity index is 416. The van der Waals surface area contributed by atoms with E-state index in [1.807, 2.05) is 24.3 Å². The zero-order chi connectivity index (χ0) is 14.4. The monoisotopic (exact) mass is 280 g/mol. The van der Waals surface area contributed by atoms with Gasteiger partial charge in [0.1, 0.15) is 12.4 Å². The van der Waals surface area contributed by atoms with Crippen LogP contribution in [-0.4, -0.2) is 33.0 Å². The molecule has 0 heterocycles. The molecular weight excluding hydrogens is 256 g/mol. The van der Waals surface area contributed by atoms with Crippen LogP contribution in [0.4, 0.5) is 0 Å². The highest BCUT2D eigenvalue weighted by atomic mass is 16.5. The fourth-order valence-corrected chi connectivity index (χ4v) is 2.75. The molecule has 0 amide bonds. The first kappa shape index (κ1) is 15.3. The molecule has 1 aliphatic carbocycles. The standard InChI is InChI=1S/C15H24N2O3/c1-18-10-11-20-13-7-4-3-6-12(13)14(17-16)15(19-2)8-5-9-15/h3-4,6-7,14,17H,5,8-11,16H2,1-2H3. The van der Waals surface area contributed by atoms with Crippen molar-refractivity contribution >= 4 is 0 Å². The highest BCUT2D eigenvalue weighted by molar-refractivity contribution is 5.38. The van der Waals surface area contributed by atoms with Gasteiger partial charge in [-0.15, -0.1) is 0 Å². The molecule has 1 fully saturated rings. The van der Waals surface area contributed by atoms with Gasteiger partial charge in [-0.2, -0.15) is 0 Å². The van der Waals surface area contributed by atoms with Gasteiger partial charge in [0.15, 0.2) is 0 Å². The highest BCUT2D eigenvalue weighted by Crippen LogP contribution is 2.46. The maximum absolute atomic E-state index is 5.79. The van der Waals surface area contributed by atoms with Crippen molar-refractivity contribution in [1.29, 1.82) is 0 Å². The number of benzene rings is 1. The number of hydrogen-bond acceptors (Lipinski definition) is 5. The van der Waals surface area contributed by atoms with E-state index >= 15 is 0 Å². The van der Waals surface area contributed by atoms with E-state index in [-0.39, 0.29) is 11.6 Å². The average Bonchev–Trinajstić information content (AvgIpc) is 2.44. The molecule has 3 N–H and O–H groups in total. The van der Waals surface area contributed by atoms with Crippen molar-refractivity contribution in [2.75, 3.05) is 27.4 Å². The smallest absolute Gasteiger partial charge is 0.124 e. The Morgan fingerprint density at radius 1 is 1.25 bits per heavy atom. The molecule has 20 heavy (non-hydrogen) atoms. The zero-order valence-electron chi connectivity index (χ0n) is 12.2. The third-order valence-electron chi connectivity index (χ3n) is 4.07. The SMILES string of the molecule is COCCOc1ccccc1C(NN)C1(OC)CCC1. The van der Waals surface area contributed by atoms with Gasteiger partial charge in [-0.1, -0.05) is 18.2 Å². The van der Waals surface area contributed by atoms with Crippen LogP contribution in [-0.2, 0) is 9.47 Å². The van der Waals surface area contributed by atoms with Crippen molar-refractivity contribution < 1.29 is 14.2 Å². The molecule has 0 saturated heterocycles. The molecule has 1 aromatic rings. The summed E-state index contributed by atoms with van der Waals surface area (Å²) in [5.74, 6) is 6.62. The Labute approximate surface area is 120 Å². The predicted octanol–water partition coefficient (Wildman–Crippen LogP) is 1.79. The van der Waals surface area contributed by atoms with Crippen LogP contribution in [0.5, 0.6) is 5.75 Å². The number of hydrazine groups is 1. The summed E-state index contributed by atoms with van der Waals surface area (Å²) in [6.07, 6.45) is 3.17. The Hall–Kier alpha value is -1.14. The molecule has 0 radical (unpaired) electrons. The lowest BCUT2D eigenvalue weighted by Gasteiger charge is -2.46. The van der Waals surface area contributed by atoms with Gasteiger partial charge < -0.3 is 14.2 Å². The molecule has 0 spiro atoms. The van der Waals surface area contributed by atoms with E-state index in [9.17, 15) is 0 Å². The normalized spacial score (nSPS) is 18.4. The predicted molar refractivity (Wildman–Crippen MR) is 77.5 cm³/mol. The van der Waals surface area contributed by atoms with Crippen molar-refractivity contribution in [2.24, 2.45) is 5.84 Å². The molecule has 5 nitrogen and oxygen atoms in total. The van der Waals surface area contributed by atoms with E-state index in [2.05, 4.69) is 5.43 Å². The number of methoxy groups -OCH3 is 2. The highest BCUT2D eigenvalue weighted by Gasteiger charge is 2.45. The number of hydrogen-bond donors (Lipinski definition) is 2. The summed E-state index contributed by atoms with van der Waals surface area (Å²) < 4.78 is 16.6. The summed E-state index contributed by atoms with van der Waals surface area (Å²) >= 11 is 0. The summed E-state index contributed by atoms with van der Waals surface area (Å²) in [5.41, 5.74) is 3.71. The number of ether oxygens (including phenoxy) is 3. The second-order valence-electron chi connectivity index (χ2n) is 5.10. The van der Waals surface area contributed by atoms with E-state index in [1.165, 1.54) is 6.42 Å². The van der Waals surface area contributed by atoms with E-state index in [0.29, 0.717) is 13.2 Å². The minimum Gasteiger partial charge on any atom is -0.491 e. The van der Waals surface area contributed by atoms with Gasteiger partial charge in [-0.25, -0.2) is 5.43 Å². The van der Waals surface area contributed by atoms with Gasteiger partial charge in [0.25, 0.3) is 0 Å². The quantitative estimate of drug-likeness (QED) is 0.432. The lowest BCUT2D eigenvalue weighted by Crippen LogP contribution is -2.52. The first-order chi connectivity index (χ1) is 9.77. The lowest BCUT2D eigenvalue weighted by atomic mass is 9.72. The van der Waals surface area contributed by atoms with Crippen molar-refractivity contribution in [3.63, 3.8) is 0 Å². The fourth-order valence-electron chi connectivity index (χ4n) is 2.75. The average molecular weight is 280 g/mol. The van der Waals surface area contributed by atoms with Crippen LogP contribution in [0.1, 0.15) is 30.9 Å². The number of nitrogens with two attached hydrogens (primary N) is 1. The number of para-hydroxylation sites is 1. The topological polar surface area (TPSA) is 65.7 Å². The first-order valence-electron chi connectivity index (χ1n) is 6.99. The van der Waals surface area contributed by atoms with Crippen molar-refractivity contribution in [3.8, 4) is 5.75 Å². The summed E-state index contributed by atoms with van der Waals surface area (Å²) in [4.78, 5) is 0. The van der Waals surface area contributed by atoms with Gasteiger partial charge in [-0.05, 0) is 25.3 Å². The molecule has 1 aromatic carbocycles. The van der Waals surface area contributed by atoms with E-state index < -0.39 is 0 Å². The Morgan fingerprint density at radius 2 is 2.00 bits per heavy atom. The van der Waals surface area contributed by atoms with Crippen LogP contribution in [0, 0.1) is 0 Å². The molecule has 0 aliphatic heterocycles.